The Hall–Kier alpha value is -1.91. The monoisotopic (exact) mass is 224 g/mol. The number of nitrogens with one attached hydrogen (secondary N) is 1. The molecular formula is C11H13FN2O2. The van der Waals surface area contributed by atoms with E-state index < -0.39 is 17.6 Å². The molecule has 86 valence electrons. The van der Waals surface area contributed by atoms with Crippen LogP contribution in [0.15, 0.2) is 24.3 Å². The Morgan fingerprint density at radius 2 is 2.19 bits per heavy atom. The van der Waals surface area contributed by atoms with Crippen molar-refractivity contribution in [2.75, 3.05) is 5.32 Å². The third kappa shape index (κ3) is 3.68. The van der Waals surface area contributed by atoms with E-state index in [1.807, 2.05) is 0 Å². The molecule has 0 saturated heterocycles. The zero-order valence-corrected chi connectivity index (χ0v) is 8.87. The first-order valence-corrected chi connectivity index (χ1v) is 4.84. The molecule has 0 fully saturated rings. The minimum atomic E-state index is -0.540. The van der Waals surface area contributed by atoms with Crippen molar-refractivity contribution in [2.45, 2.75) is 13.3 Å². The van der Waals surface area contributed by atoms with Gasteiger partial charge in [-0.25, -0.2) is 4.39 Å². The fourth-order valence-corrected chi connectivity index (χ4v) is 1.23. The summed E-state index contributed by atoms with van der Waals surface area (Å²) in [6, 6.07) is 5.54. The van der Waals surface area contributed by atoms with Crippen molar-refractivity contribution in [1.29, 1.82) is 0 Å². The lowest BCUT2D eigenvalue weighted by molar-refractivity contribution is -0.125. The van der Waals surface area contributed by atoms with Crippen molar-refractivity contribution in [2.24, 2.45) is 11.7 Å². The number of hydrogen-bond acceptors (Lipinski definition) is 2. The second-order valence-electron chi connectivity index (χ2n) is 3.57. The van der Waals surface area contributed by atoms with Crippen LogP contribution in [0, 0.1) is 11.7 Å². The van der Waals surface area contributed by atoms with Gasteiger partial charge in [0.1, 0.15) is 5.82 Å². The number of amides is 2. The van der Waals surface area contributed by atoms with E-state index in [-0.39, 0.29) is 12.3 Å². The van der Waals surface area contributed by atoms with Crippen LogP contribution >= 0.6 is 0 Å². The topological polar surface area (TPSA) is 72.2 Å². The lowest BCUT2D eigenvalue weighted by Crippen LogP contribution is -2.25. The van der Waals surface area contributed by atoms with Crippen LogP contribution in [-0.2, 0) is 9.59 Å². The Labute approximate surface area is 92.6 Å². The highest BCUT2D eigenvalue weighted by Gasteiger charge is 2.15. The maximum absolute atomic E-state index is 12.8. The number of carbonyl (C=O) groups excluding carboxylic acids is 2. The Morgan fingerprint density at radius 3 is 2.75 bits per heavy atom. The molecule has 0 aromatic heterocycles. The quantitative estimate of drug-likeness (QED) is 0.808. The molecule has 0 aliphatic rings. The molecule has 0 aliphatic carbocycles. The zero-order chi connectivity index (χ0) is 12.1. The summed E-state index contributed by atoms with van der Waals surface area (Å²) in [6.45, 7) is 1.58. The molecule has 1 unspecified atom stereocenters. The molecule has 0 radical (unpaired) electrons. The molecular weight excluding hydrogens is 211 g/mol. The lowest BCUT2D eigenvalue weighted by atomic mass is 10.1. The average molecular weight is 224 g/mol. The average Bonchev–Trinajstić information content (AvgIpc) is 2.16. The summed E-state index contributed by atoms with van der Waals surface area (Å²) in [5.41, 5.74) is 5.33. The van der Waals surface area contributed by atoms with Gasteiger partial charge in [0.2, 0.25) is 11.8 Å². The van der Waals surface area contributed by atoms with E-state index in [9.17, 15) is 14.0 Å². The zero-order valence-electron chi connectivity index (χ0n) is 8.87. The highest BCUT2D eigenvalue weighted by Crippen LogP contribution is 2.11. The van der Waals surface area contributed by atoms with Crippen molar-refractivity contribution in [3.05, 3.63) is 30.1 Å². The summed E-state index contributed by atoms with van der Waals surface area (Å²) in [7, 11) is 0. The molecule has 1 atom stereocenters. The van der Waals surface area contributed by atoms with Gasteiger partial charge in [0.25, 0.3) is 0 Å². The van der Waals surface area contributed by atoms with Crippen LogP contribution in [0.3, 0.4) is 0 Å². The van der Waals surface area contributed by atoms with Gasteiger partial charge >= 0.3 is 0 Å². The Kier molecular flexibility index (Phi) is 3.99. The largest absolute Gasteiger partial charge is 0.370 e. The summed E-state index contributed by atoms with van der Waals surface area (Å²) < 4.78 is 12.8. The second-order valence-corrected chi connectivity index (χ2v) is 3.57. The third-order valence-corrected chi connectivity index (χ3v) is 2.05. The Morgan fingerprint density at radius 1 is 1.50 bits per heavy atom. The Balaban J connectivity index is 2.60. The molecule has 1 rings (SSSR count). The number of nitrogens with two attached hydrogens (primary N) is 1. The summed E-state index contributed by atoms with van der Waals surface area (Å²) in [5.74, 6) is -1.85. The first-order chi connectivity index (χ1) is 7.49. The maximum Gasteiger partial charge on any atom is 0.227 e. The van der Waals surface area contributed by atoms with Gasteiger partial charge in [-0.3, -0.25) is 9.59 Å². The van der Waals surface area contributed by atoms with Crippen LogP contribution in [0.2, 0.25) is 0 Å². The van der Waals surface area contributed by atoms with E-state index in [1.54, 1.807) is 13.0 Å². The fourth-order valence-electron chi connectivity index (χ4n) is 1.23. The number of hydrogen-bond donors (Lipinski definition) is 2. The van der Waals surface area contributed by atoms with Crippen LogP contribution in [-0.4, -0.2) is 11.8 Å². The van der Waals surface area contributed by atoms with Crippen LogP contribution in [0.5, 0.6) is 0 Å². The van der Waals surface area contributed by atoms with Gasteiger partial charge in [0.05, 0.1) is 0 Å². The van der Waals surface area contributed by atoms with E-state index in [1.165, 1.54) is 18.2 Å². The number of primary amides is 1. The number of benzene rings is 1. The minimum Gasteiger partial charge on any atom is -0.370 e. The van der Waals surface area contributed by atoms with Crippen LogP contribution in [0.1, 0.15) is 13.3 Å². The predicted molar refractivity (Wildman–Crippen MR) is 58.0 cm³/mol. The molecule has 16 heavy (non-hydrogen) atoms. The molecule has 5 heteroatoms. The first kappa shape index (κ1) is 12.2. The lowest BCUT2D eigenvalue weighted by Gasteiger charge is -2.10. The summed E-state index contributed by atoms with van der Waals surface area (Å²) in [6.07, 6.45) is -0.0266. The predicted octanol–water partition coefficient (Wildman–Crippen LogP) is 1.28. The molecule has 0 saturated carbocycles. The van der Waals surface area contributed by atoms with Crippen molar-refractivity contribution in [1.82, 2.24) is 0 Å². The first-order valence-electron chi connectivity index (χ1n) is 4.84. The summed E-state index contributed by atoms with van der Waals surface area (Å²) in [5, 5.41) is 2.50. The molecule has 4 nitrogen and oxygen atoms in total. The Bertz CT molecular complexity index is 407. The van der Waals surface area contributed by atoms with Crippen molar-refractivity contribution < 1.29 is 14.0 Å². The van der Waals surface area contributed by atoms with Gasteiger partial charge in [-0.15, -0.1) is 0 Å². The molecule has 0 heterocycles. The van der Waals surface area contributed by atoms with Gasteiger partial charge in [-0.1, -0.05) is 13.0 Å². The van der Waals surface area contributed by atoms with Crippen LogP contribution in [0.4, 0.5) is 10.1 Å². The van der Waals surface area contributed by atoms with Crippen molar-refractivity contribution in [3.63, 3.8) is 0 Å². The number of halogens is 1. The van der Waals surface area contributed by atoms with Gasteiger partial charge in [-0.2, -0.15) is 0 Å². The van der Waals surface area contributed by atoms with E-state index in [0.29, 0.717) is 5.69 Å². The molecule has 3 N–H and O–H groups in total. The summed E-state index contributed by atoms with van der Waals surface area (Å²) in [4.78, 5) is 22.1. The number of rotatable bonds is 4. The van der Waals surface area contributed by atoms with E-state index >= 15 is 0 Å². The molecule has 1 aromatic rings. The molecule has 0 spiro atoms. The standard InChI is InChI=1S/C11H13FN2O2/c1-7(5-10(13)15)11(16)14-9-4-2-3-8(12)6-9/h2-4,6-7H,5H2,1H3,(H2,13,15)(H,14,16). The highest BCUT2D eigenvalue weighted by atomic mass is 19.1. The van der Waals surface area contributed by atoms with Gasteiger partial charge in [0.15, 0.2) is 0 Å². The van der Waals surface area contributed by atoms with Gasteiger partial charge in [0, 0.05) is 18.0 Å². The minimum absolute atomic E-state index is 0.0266. The number of carbonyl (C=O) groups is 2. The number of anilines is 1. The van der Waals surface area contributed by atoms with Crippen LogP contribution in [0.25, 0.3) is 0 Å². The smallest absolute Gasteiger partial charge is 0.227 e. The van der Waals surface area contributed by atoms with E-state index in [0.717, 1.165) is 0 Å². The molecule has 0 aliphatic heterocycles. The molecule has 0 bridgehead atoms. The highest BCUT2D eigenvalue weighted by molar-refractivity contribution is 5.94. The molecule has 2 amide bonds. The van der Waals surface area contributed by atoms with E-state index in [4.69, 9.17) is 5.73 Å². The van der Waals surface area contributed by atoms with Crippen molar-refractivity contribution in [3.8, 4) is 0 Å². The second kappa shape index (κ2) is 5.25. The fraction of sp³-hybridized carbons (Fsp3) is 0.273. The summed E-state index contributed by atoms with van der Waals surface area (Å²) >= 11 is 0. The van der Waals surface area contributed by atoms with E-state index in [2.05, 4.69) is 5.32 Å². The maximum atomic E-state index is 12.8. The molecule has 1 aromatic carbocycles. The third-order valence-electron chi connectivity index (χ3n) is 2.05. The van der Waals surface area contributed by atoms with Gasteiger partial charge < -0.3 is 11.1 Å². The SMILES string of the molecule is CC(CC(N)=O)C(=O)Nc1cccc(F)c1. The van der Waals surface area contributed by atoms with Gasteiger partial charge in [-0.05, 0) is 18.2 Å². The van der Waals surface area contributed by atoms with Crippen molar-refractivity contribution >= 4 is 17.5 Å². The van der Waals surface area contributed by atoms with Crippen LogP contribution < -0.4 is 11.1 Å². The normalized spacial score (nSPS) is 11.9.